The monoisotopic (exact) mass is 253 g/mol. The quantitative estimate of drug-likeness (QED) is 0.823. The van der Waals surface area contributed by atoms with E-state index in [2.05, 4.69) is 28.7 Å². The zero-order valence-corrected chi connectivity index (χ0v) is 11.3. The summed E-state index contributed by atoms with van der Waals surface area (Å²) >= 11 is 0. The molecule has 2 heterocycles. The topological polar surface area (TPSA) is 48.3 Å². The van der Waals surface area contributed by atoms with Gasteiger partial charge in [0.05, 0.1) is 44.5 Å². The third-order valence-electron chi connectivity index (χ3n) is 2.94. The van der Waals surface area contributed by atoms with Gasteiger partial charge in [0.25, 0.3) is 0 Å². The van der Waals surface area contributed by atoms with Crippen LogP contribution < -0.4 is 5.32 Å². The normalized spacial score (nSPS) is 20.5. The fraction of sp³-hybridized carbons (Fsp3) is 0.769. The van der Waals surface area contributed by atoms with Crippen molar-refractivity contribution in [1.82, 2.24) is 14.9 Å². The second-order valence-electron chi connectivity index (χ2n) is 5.13. The molecule has 0 spiro atoms. The molecule has 1 aromatic heterocycles. The van der Waals surface area contributed by atoms with Gasteiger partial charge < -0.3 is 19.4 Å². The Hall–Kier alpha value is -0.910. The van der Waals surface area contributed by atoms with E-state index in [0.717, 1.165) is 19.6 Å². The first-order valence-electron chi connectivity index (χ1n) is 6.64. The highest BCUT2D eigenvalue weighted by Crippen LogP contribution is 2.07. The summed E-state index contributed by atoms with van der Waals surface area (Å²) in [7, 11) is 0. The van der Waals surface area contributed by atoms with Gasteiger partial charge in [-0.3, -0.25) is 0 Å². The van der Waals surface area contributed by atoms with Crippen LogP contribution in [0.3, 0.4) is 0 Å². The summed E-state index contributed by atoms with van der Waals surface area (Å²) in [6, 6.07) is 0. The lowest BCUT2D eigenvalue weighted by Gasteiger charge is -2.24. The fourth-order valence-corrected chi connectivity index (χ4v) is 2.01. The minimum Gasteiger partial charge on any atom is -0.376 e. The van der Waals surface area contributed by atoms with Crippen LogP contribution >= 0.6 is 0 Å². The smallest absolute Gasteiger partial charge is 0.0988 e. The first kappa shape index (κ1) is 13.5. The number of ether oxygens (including phenoxy) is 2. The number of nitrogens with one attached hydrogen (secondary N) is 1. The fourth-order valence-electron chi connectivity index (χ4n) is 2.01. The maximum absolute atomic E-state index is 5.65. The molecule has 1 N–H and O–H groups in total. The van der Waals surface area contributed by atoms with Gasteiger partial charge in [-0.25, -0.2) is 4.98 Å². The zero-order chi connectivity index (χ0) is 12.8. The molecule has 0 aliphatic carbocycles. The molecule has 1 aliphatic heterocycles. The summed E-state index contributed by atoms with van der Waals surface area (Å²) in [5.74, 6) is 0.663. The minimum absolute atomic E-state index is 0.150. The molecule has 2 rings (SSSR count). The van der Waals surface area contributed by atoms with Crippen LogP contribution in [0.25, 0.3) is 0 Å². The number of nitrogens with zero attached hydrogens (tertiary/aromatic N) is 2. The number of hydrogen-bond donors (Lipinski definition) is 1. The standard InChI is InChI=1S/C13H23N3O2/c1-11(2)5-14-6-12-7-15-10-16(12)8-13-9-17-3-4-18-13/h7,10-11,13-14H,3-6,8-9H2,1-2H3. The molecule has 1 atom stereocenters. The molecule has 1 saturated heterocycles. The predicted octanol–water partition coefficient (Wildman–Crippen LogP) is 1.04. The molecule has 18 heavy (non-hydrogen) atoms. The van der Waals surface area contributed by atoms with E-state index in [4.69, 9.17) is 9.47 Å². The second kappa shape index (κ2) is 6.87. The summed E-state index contributed by atoms with van der Waals surface area (Å²) < 4.78 is 13.2. The Labute approximate surface area is 108 Å². The Balaban J connectivity index is 1.82. The first-order chi connectivity index (χ1) is 8.75. The molecular formula is C13H23N3O2. The van der Waals surface area contributed by atoms with Crippen LogP contribution in [-0.2, 0) is 22.6 Å². The van der Waals surface area contributed by atoms with Gasteiger partial charge in [0.15, 0.2) is 0 Å². The Bertz CT molecular complexity index is 346. The van der Waals surface area contributed by atoms with Crippen LogP contribution in [0.2, 0.25) is 0 Å². The molecule has 0 amide bonds. The van der Waals surface area contributed by atoms with Crippen LogP contribution in [0.4, 0.5) is 0 Å². The molecule has 0 radical (unpaired) electrons. The summed E-state index contributed by atoms with van der Waals surface area (Å²) in [5, 5.41) is 3.43. The molecule has 1 fully saturated rings. The van der Waals surface area contributed by atoms with E-state index >= 15 is 0 Å². The van der Waals surface area contributed by atoms with E-state index in [9.17, 15) is 0 Å². The summed E-state index contributed by atoms with van der Waals surface area (Å²) in [4.78, 5) is 4.21. The Morgan fingerprint density at radius 3 is 3.11 bits per heavy atom. The third kappa shape index (κ3) is 4.08. The van der Waals surface area contributed by atoms with Crippen molar-refractivity contribution in [2.45, 2.75) is 33.0 Å². The highest BCUT2D eigenvalue weighted by atomic mass is 16.6. The minimum atomic E-state index is 0.150. The Morgan fingerprint density at radius 2 is 2.39 bits per heavy atom. The third-order valence-corrected chi connectivity index (χ3v) is 2.94. The van der Waals surface area contributed by atoms with Crippen molar-refractivity contribution in [3.63, 3.8) is 0 Å². The van der Waals surface area contributed by atoms with Gasteiger partial charge >= 0.3 is 0 Å². The number of imidazole rings is 1. The highest BCUT2D eigenvalue weighted by molar-refractivity contribution is 4.98. The molecule has 5 nitrogen and oxygen atoms in total. The van der Waals surface area contributed by atoms with E-state index < -0.39 is 0 Å². The number of rotatable bonds is 6. The van der Waals surface area contributed by atoms with Crippen LogP contribution in [-0.4, -0.2) is 42.0 Å². The second-order valence-corrected chi connectivity index (χ2v) is 5.13. The highest BCUT2D eigenvalue weighted by Gasteiger charge is 2.16. The van der Waals surface area contributed by atoms with Crippen LogP contribution in [0, 0.1) is 5.92 Å². The number of aromatic nitrogens is 2. The Kier molecular flexibility index (Phi) is 5.16. The van der Waals surface area contributed by atoms with Gasteiger partial charge in [-0.15, -0.1) is 0 Å². The predicted molar refractivity (Wildman–Crippen MR) is 69.3 cm³/mol. The largest absolute Gasteiger partial charge is 0.376 e. The summed E-state index contributed by atoms with van der Waals surface area (Å²) in [6.07, 6.45) is 3.93. The molecule has 1 aromatic rings. The van der Waals surface area contributed by atoms with Crippen LogP contribution in [0.1, 0.15) is 19.5 Å². The first-order valence-corrected chi connectivity index (χ1v) is 6.64. The van der Waals surface area contributed by atoms with Gasteiger partial charge in [-0.1, -0.05) is 13.8 Å². The van der Waals surface area contributed by atoms with Crippen molar-refractivity contribution in [3.8, 4) is 0 Å². The maximum atomic E-state index is 5.65. The van der Waals surface area contributed by atoms with E-state index in [-0.39, 0.29) is 6.10 Å². The van der Waals surface area contributed by atoms with Gasteiger partial charge in [-0.05, 0) is 12.5 Å². The molecule has 1 unspecified atom stereocenters. The average Bonchev–Trinajstić information content (AvgIpc) is 2.78. The van der Waals surface area contributed by atoms with Gasteiger partial charge in [0.2, 0.25) is 0 Å². The van der Waals surface area contributed by atoms with Crippen molar-refractivity contribution in [2.75, 3.05) is 26.4 Å². The SMILES string of the molecule is CC(C)CNCc1cncn1CC1COCCO1. The number of hydrogen-bond acceptors (Lipinski definition) is 4. The summed E-state index contributed by atoms with van der Waals surface area (Å²) in [6.45, 7) is 9.19. The van der Waals surface area contributed by atoms with Crippen molar-refractivity contribution in [1.29, 1.82) is 0 Å². The van der Waals surface area contributed by atoms with Crippen molar-refractivity contribution in [2.24, 2.45) is 5.92 Å². The molecule has 1 aliphatic rings. The van der Waals surface area contributed by atoms with Crippen LogP contribution in [0.5, 0.6) is 0 Å². The Morgan fingerprint density at radius 1 is 1.50 bits per heavy atom. The summed E-state index contributed by atoms with van der Waals surface area (Å²) in [5.41, 5.74) is 1.20. The molecule has 102 valence electrons. The molecular weight excluding hydrogens is 230 g/mol. The van der Waals surface area contributed by atoms with E-state index in [1.54, 1.807) is 0 Å². The zero-order valence-electron chi connectivity index (χ0n) is 11.3. The van der Waals surface area contributed by atoms with Crippen molar-refractivity contribution >= 4 is 0 Å². The molecule has 0 bridgehead atoms. The van der Waals surface area contributed by atoms with Gasteiger partial charge in [0.1, 0.15) is 0 Å². The van der Waals surface area contributed by atoms with E-state index in [1.807, 2.05) is 12.5 Å². The van der Waals surface area contributed by atoms with Crippen molar-refractivity contribution < 1.29 is 9.47 Å². The lowest BCUT2D eigenvalue weighted by atomic mass is 10.2. The molecule has 0 aromatic carbocycles. The van der Waals surface area contributed by atoms with Gasteiger partial charge in [-0.2, -0.15) is 0 Å². The van der Waals surface area contributed by atoms with E-state index in [0.29, 0.717) is 25.7 Å². The van der Waals surface area contributed by atoms with Crippen LogP contribution in [0.15, 0.2) is 12.5 Å². The maximum Gasteiger partial charge on any atom is 0.0988 e. The molecule has 5 heteroatoms. The van der Waals surface area contributed by atoms with Gasteiger partial charge in [0, 0.05) is 12.7 Å². The van der Waals surface area contributed by atoms with E-state index in [1.165, 1.54) is 5.69 Å². The average molecular weight is 253 g/mol. The lowest BCUT2D eigenvalue weighted by molar-refractivity contribution is -0.0938. The lowest BCUT2D eigenvalue weighted by Crippen LogP contribution is -2.33. The van der Waals surface area contributed by atoms with Crippen molar-refractivity contribution in [3.05, 3.63) is 18.2 Å². The molecule has 0 saturated carbocycles.